The summed E-state index contributed by atoms with van der Waals surface area (Å²) in [7, 11) is 0. The largest absolute Gasteiger partial charge is 0.296 e. The average Bonchev–Trinajstić information content (AvgIpc) is 2.72. The topological polar surface area (TPSA) is 47.8 Å². The van der Waals surface area contributed by atoms with Crippen LogP contribution in [0.15, 0.2) is 24.3 Å². The van der Waals surface area contributed by atoms with E-state index in [0.717, 1.165) is 23.2 Å². The Labute approximate surface area is 100 Å². The molecule has 4 nitrogen and oxygen atoms in total. The average molecular weight is 229 g/mol. The van der Waals surface area contributed by atoms with Crippen LogP contribution in [0.2, 0.25) is 0 Å². The van der Waals surface area contributed by atoms with Crippen LogP contribution in [0.5, 0.6) is 0 Å². The van der Waals surface area contributed by atoms with Gasteiger partial charge in [0.2, 0.25) is 0 Å². The smallest absolute Gasteiger partial charge is 0.170 e. The summed E-state index contributed by atoms with van der Waals surface area (Å²) >= 11 is 0. The summed E-state index contributed by atoms with van der Waals surface area (Å²) in [5.41, 5.74) is 3.26. The molecule has 2 aromatic rings. The summed E-state index contributed by atoms with van der Waals surface area (Å²) in [6.07, 6.45) is 0.817. The van der Waals surface area contributed by atoms with E-state index < -0.39 is 0 Å². The van der Waals surface area contributed by atoms with Gasteiger partial charge < -0.3 is 0 Å². The van der Waals surface area contributed by atoms with Crippen molar-refractivity contribution in [3.05, 3.63) is 41.2 Å². The van der Waals surface area contributed by atoms with E-state index in [0.29, 0.717) is 5.69 Å². The quantitative estimate of drug-likeness (QED) is 0.760. The van der Waals surface area contributed by atoms with E-state index in [4.69, 9.17) is 0 Å². The predicted octanol–water partition coefficient (Wildman–Crippen LogP) is 2.51. The lowest BCUT2D eigenvalue weighted by Gasteiger charge is -2.04. The van der Waals surface area contributed by atoms with Gasteiger partial charge in [0.15, 0.2) is 6.29 Å². The third-order valence-electron chi connectivity index (χ3n) is 2.64. The van der Waals surface area contributed by atoms with Crippen molar-refractivity contribution in [1.82, 2.24) is 15.0 Å². The number of rotatable bonds is 3. The molecule has 0 aliphatic carbocycles. The van der Waals surface area contributed by atoms with Gasteiger partial charge in [-0.25, -0.2) is 4.68 Å². The first-order valence-corrected chi connectivity index (χ1v) is 5.61. The van der Waals surface area contributed by atoms with Crippen molar-refractivity contribution in [2.45, 2.75) is 26.7 Å². The molecule has 0 atom stereocenters. The van der Waals surface area contributed by atoms with Crippen molar-refractivity contribution in [1.29, 1.82) is 0 Å². The van der Waals surface area contributed by atoms with E-state index in [-0.39, 0.29) is 5.92 Å². The van der Waals surface area contributed by atoms with E-state index >= 15 is 0 Å². The molecule has 0 saturated carbocycles. The molecule has 0 unspecified atom stereocenters. The molecular weight excluding hydrogens is 214 g/mol. The molecule has 0 radical (unpaired) electrons. The minimum absolute atomic E-state index is 0.189. The van der Waals surface area contributed by atoms with Crippen molar-refractivity contribution >= 4 is 6.29 Å². The fourth-order valence-electron chi connectivity index (χ4n) is 1.77. The fourth-order valence-corrected chi connectivity index (χ4v) is 1.77. The van der Waals surface area contributed by atoms with Gasteiger partial charge in [-0.15, -0.1) is 5.10 Å². The van der Waals surface area contributed by atoms with Crippen molar-refractivity contribution in [3.8, 4) is 5.69 Å². The summed E-state index contributed by atoms with van der Waals surface area (Å²) in [4.78, 5) is 11.2. The van der Waals surface area contributed by atoms with Crippen molar-refractivity contribution in [2.75, 3.05) is 0 Å². The molecule has 1 heterocycles. The molecule has 0 aliphatic rings. The Balaban J connectivity index is 2.56. The SMILES string of the molecule is Cc1cccc(-n2nnc(C(C)C)c2C=O)c1. The first-order chi connectivity index (χ1) is 8.13. The molecule has 17 heavy (non-hydrogen) atoms. The predicted molar refractivity (Wildman–Crippen MR) is 65.6 cm³/mol. The first kappa shape index (κ1) is 11.5. The number of hydrogen-bond acceptors (Lipinski definition) is 3. The Bertz CT molecular complexity index is 543. The zero-order valence-electron chi connectivity index (χ0n) is 10.2. The summed E-state index contributed by atoms with van der Waals surface area (Å²) in [5.74, 6) is 0.189. The number of benzene rings is 1. The number of aldehydes is 1. The lowest BCUT2D eigenvalue weighted by atomic mass is 10.1. The van der Waals surface area contributed by atoms with Crippen molar-refractivity contribution < 1.29 is 4.79 Å². The van der Waals surface area contributed by atoms with Crippen LogP contribution in [0.25, 0.3) is 5.69 Å². The monoisotopic (exact) mass is 229 g/mol. The second-order valence-corrected chi connectivity index (χ2v) is 4.38. The molecule has 88 valence electrons. The maximum atomic E-state index is 11.2. The molecule has 0 aliphatic heterocycles. The molecule has 4 heteroatoms. The number of aryl methyl sites for hydroxylation is 1. The van der Waals surface area contributed by atoms with E-state index in [1.54, 1.807) is 4.68 Å². The molecule has 0 bridgehead atoms. The van der Waals surface area contributed by atoms with Gasteiger partial charge in [-0.3, -0.25) is 4.79 Å². The highest BCUT2D eigenvalue weighted by atomic mass is 16.1. The molecule has 0 spiro atoms. The maximum absolute atomic E-state index is 11.2. The Hall–Kier alpha value is -1.97. The maximum Gasteiger partial charge on any atom is 0.170 e. The number of hydrogen-bond donors (Lipinski definition) is 0. The zero-order chi connectivity index (χ0) is 12.4. The third kappa shape index (κ3) is 2.11. The molecule has 0 N–H and O–H groups in total. The minimum atomic E-state index is 0.189. The van der Waals surface area contributed by atoms with Crippen LogP contribution >= 0.6 is 0 Å². The highest BCUT2D eigenvalue weighted by molar-refractivity contribution is 5.75. The Kier molecular flexibility index (Phi) is 3.04. The Morgan fingerprint density at radius 1 is 1.35 bits per heavy atom. The van der Waals surface area contributed by atoms with E-state index in [9.17, 15) is 4.79 Å². The molecule has 0 fully saturated rings. The Morgan fingerprint density at radius 2 is 2.12 bits per heavy atom. The number of carbonyl (C=O) groups is 1. The molecule has 0 saturated heterocycles. The molecule has 1 aromatic heterocycles. The van der Waals surface area contributed by atoms with Crippen LogP contribution in [-0.2, 0) is 0 Å². The van der Waals surface area contributed by atoms with Gasteiger partial charge in [0.1, 0.15) is 5.69 Å². The van der Waals surface area contributed by atoms with Gasteiger partial charge in [-0.2, -0.15) is 0 Å². The van der Waals surface area contributed by atoms with Crippen LogP contribution in [0.1, 0.15) is 41.5 Å². The number of aromatic nitrogens is 3. The summed E-state index contributed by atoms with van der Waals surface area (Å²) in [6.45, 7) is 6.00. The van der Waals surface area contributed by atoms with E-state index in [1.165, 1.54) is 0 Å². The van der Waals surface area contributed by atoms with Crippen molar-refractivity contribution in [2.24, 2.45) is 0 Å². The second-order valence-electron chi connectivity index (χ2n) is 4.38. The molecular formula is C13H15N3O. The standard InChI is InChI=1S/C13H15N3O/c1-9(2)13-12(8-17)16(15-14-13)11-6-4-5-10(3)7-11/h4-9H,1-3H3. The number of carbonyl (C=O) groups excluding carboxylic acids is 1. The van der Waals surface area contributed by atoms with Gasteiger partial charge in [-0.1, -0.05) is 31.2 Å². The highest BCUT2D eigenvalue weighted by Gasteiger charge is 2.15. The minimum Gasteiger partial charge on any atom is -0.296 e. The Morgan fingerprint density at radius 3 is 2.71 bits per heavy atom. The molecule has 1 aromatic carbocycles. The second kappa shape index (κ2) is 4.49. The summed E-state index contributed by atoms with van der Waals surface area (Å²) in [5, 5.41) is 8.13. The highest BCUT2D eigenvalue weighted by Crippen LogP contribution is 2.18. The third-order valence-corrected chi connectivity index (χ3v) is 2.64. The molecule has 0 amide bonds. The van der Waals surface area contributed by atoms with Crippen LogP contribution in [-0.4, -0.2) is 21.3 Å². The summed E-state index contributed by atoms with van der Waals surface area (Å²) in [6, 6.07) is 7.84. The van der Waals surface area contributed by atoms with Gasteiger partial charge in [0.25, 0.3) is 0 Å². The van der Waals surface area contributed by atoms with Gasteiger partial charge in [-0.05, 0) is 30.5 Å². The van der Waals surface area contributed by atoms with Gasteiger partial charge in [0, 0.05) is 0 Å². The van der Waals surface area contributed by atoms with Crippen molar-refractivity contribution in [3.63, 3.8) is 0 Å². The van der Waals surface area contributed by atoms with E-state index in [1.807, 2.05) is 45.0 Å². The number of nitrogens with zero attached hydrogens (tertiary/aromatic N) is 3. The lowest BCUT2D eigenvalue weighted by Crippen LogP contribution is -2.03. The zero-order valence-corrected chi connectivity index (χ0v) is 10.2. The lowest BCUT2D eigenvalue weighted by molar-refractivity contribution is 0.111. The fraction of sp³-hybridized carbons (Fsp3) is 0.308. The van der Waals surface area contributed by atoms with Crippen LogP contribution in [0.3, 0.4) is 0 Å². The summed E-state index contributed by atoms with van der Waals surface area (Å²) < 4.78 is 1.59. The van der Waals surface area contributed by atoms with Crippen LogP contribution in [0, 0.1) is 6.92 Å². The first-order valence-electron chi connectivity index (χ1n) is 5.61. The van der Waals surface area contributed by atoms with Gasteiger partial charge >= 0.3 is 0 Å². The molecule has 2 rings (SSSR count). The normalized spacial score (nSPS) is 10.8. The van der Waals surface area contributed by atoms with Crippen LogP contribution in [0.4, 0.5) is 0 Å². The van der Waals surface area contributed by atoms with Crippen LogP contribution < -0.4 is 0 Å². The van der Waals surface area contributed by atoms with E-state index in [2.05, 4.69) is 10.3 Å². The van der Waals surface area contributed by atoms with Gasteiger partial charge in [0.05, 0.1) is 11.4 Å².